The van der Waals surface area contributed by atoms with Crippen LogP contribution in [-0.2, 0) is 0 Å². The van der Waals surface area contributed by atoms with Crippen LogP contribution in [0.25, 0.3) is 0 Å². The summed E-state index contributed by atoms with van der Waals surface area (Å²) >= 11 is 0. The van der Waals surface area contributed by atoms with Gasteiger partial charge in [-0.3, -0.25) is 0 Å². The van der Waals surface area contributed by atoms with Crippen LogP contribution in [0.15, 0.2) is 16.9 Å². The zero-order chi connectivity index (χ0) is 13.9. The molecule has 0 bridgehead atoms. The molecule has 2 aromatic rings. The molecular weight excluding hydrogens is 256 g/mol. The molecule has 1 aliphatic heterocycles. The smallest absolute Gasteiger partial charge is 0.231 e. The molecule has 1 fully saturated rings. The van der Waals surface area contributed by atoms with Gasteiger partial charge in [-0.05, 0) is 19.8 Å². The molecule has 1 saturated heterocycles. The average Bonchev–Trinajstić information content (AvgIpc) is 2.94. The van der Waals surface area contributed by atoms with Gasteiger partial charge in [0, 0.05) is 13.1 Å². The van der Waals surface area contributed by atoms with Crippen LogP contribution in [0.1, 0.15) is 36.2 Å². The van der Waals surface area contributed by atoms with Crippen molar-refractivity contribution in [2.24, 2.45) is 0 Å². The summed E-state index contributed by atoms with van der Waals surface area (Å²) in [6, 6.07) is 1.97. The minimum absolute atomic E-state index is 0.224. The number of piperidine rings is 1. The summed E-state index contributed by atoms with van der Waals surface area (Å²) in [7, 11) is 0. The van der Waals surface area contributed by atoms with Crippen LogP contribution < -0.4 is 4.90 Å². The van der Waals surface area contributed by atoms with Crippen LogP contribution in [0.3, 0.4) is 0 Å². The first-order valence-corrected chi connectivity index (χ1v) is 6.53. The lowest BCUT2D eigenvalue weighted by Crippen LogP contribution is -2.35. The van der Waals surface area contributed by atoms with Crippen molar-refractivity contribution in [2.45, 2.75) is 25.7 Å². The first kappa shape index (κ1) is 12.5. The lowest BCUT2D eigenvalue weighted by molar-refractivity contribution is 0.331. The van der Waals surface area contributed by atoms with Crippen molar-refractivity contribution in [3.05, 3.63) is 29.8 Å². The molecule has 0 radical (unpaired) electrons. The van der Waals surface area contributed by atoms with E-state index < -0.39 is 0 Å². The van der Waals surface area contributed by atoms with Crippen LogP contribution in [0.4, 0.5) is 5.82 Å². The van der Waals surface area contributed by atoms with Crippen LogP contribution in [0, 0.1) is 18.3 Å². The molecule has 3 rings (SSSR count). The van der Waals surface area contributed by atoms with Gasteiger partial charge < -0.3 is 9.42 Å². The Labute approximate surface area is 116 Å². The van der Waals surface area contributed by atoms with E-state index in [9.17, 15) is 0 Å². The summed E-state index contributed by atoms with van der Waals surface area (Å²) in [6.45, 7) is 3.52. The summed E-state index contributed by atoms with van der Waals surface area (Å²) in [5, 5.41) is 12.6. The monoisotopic (exact) mass is 270 g/mol. The van der Waals surface area contributed by atoms with Crippen LogP contribution in [-0.4, -0.2) is 33.2 Å². The van der Waals surface area contributed by atoms with E-state index >= 15 is 0 Å². The SMILES string of the molecule is Cc1noc(C2CCCN(c3cnc(C#N)cn3)C2)n1. The van der Waals surface area contributed by atoms with Gasteiger partial charge in [-0.2, -0.15) is 10.2 Å². The Morgan fingerprint density at radius 1 is 1.40 bits per heavy atom. The number of rotatable bonds is 2. The highest BCUT2D eigenvalue weighted by Gasteiger charge is 2.26. The molecule has 20 heavy (non-hydrogen) atoms. The summed E-state index contributed by atoms with van der Waals surface area (Å²) in [6.07, 6.45) is 5.20. The van der Waals surface area contributed by atoms with Gasteiger partial charge in [0.1, 0.15) is 11.9 Å². The largest absolute Gasteiger partial charge is 0.355 e. The third kappa shape index (κ3) is 2.45. The summed E-state index contributed by atoms with van der Waals surface area (Å²) in [4.78, 5) is 14.8. The third-order valence-corrected chi connectivity index (χ3v) is 3.39. The predicted molar refractivity (Wildman–Crippen MR) is 70.0 cm³/mol. The Bertz CT molecular complexity index is 629. The van der Waals surface area contributed by atoms with Crippen LogP contribution in [0.2, 0.25) is 0 Å². The van der Waals surface area contributed by atoms with E-state index in [-0.39, 0.29) is 5.92 Å². The third-order valence-electron chi connectivity index (χ3n) is 3.39. The Kier molecular flexibility index (Phi) is 3.29. The lowest BCUT2D eigenvalue weighted by atomic mass is 9.98. The Morgan fingerprint density at radius 3 is 2.95 bits per heavy atom. The van der Waals surface area contributed by atoms with E-state index in [1.807, 2.05) is 13.0 Å². The van der Waals surface area contributed by atoms with Crippen molar-refractivity contribution in [3.63, 3.8) is 0 Å². The quantitative estimate of drug-likeness (QED) is 0.814. The standard InChI is InChI=1S/C13H14N6O/c1-9-17-13(20-18-9)10-3-2-4-19(8-10)12-7-15-11(5-14)6-16-12/h6-7,10H,2-4,8H2,1H3. The summed E-state index contributed by atoms with van der Waals surface area (Å²) < 4.78 is 5.26. The minimum atomic E-state index is 0.224. The van der Waals surface area contributed by atoms with Crippen molar-refractivity contribution in [3.8, 4) is 6.07 Å². The first-order valence-electron chi connectivity index (χ1n) is 6.53. The number of hydrogen-bond acceptors (Lipinski definition) is 7. The van der Waals surface area contributed by atoms with Gasteiger partial charge in [0.15, 0.2) is 11.5 Å². The molecule has 3 heterocycles. The maximum Gasteiger partial charge on any atom is 0.231 e. The van der Waals surface area contributed by atoms with E-state index in [2.05, 4.69) is 25.0 Å². The molecule has 0 amide bonds. The van der Waals surface area contributed by atoms with Crippen LogP contribution in [0.5, 0.6) is 0 Å². The minimum Gasteiger partial charge on any atom is -0.355 e. The summed E-state index contributed by atoms with van der Waals surface area (Å²) in [5.41, 5.74) is 0.329. The van der Waals surface area contributed by atoms with E-state index in [4.69, 9.17) is 9.78 Å². The highest BCUT2D eigenvalue weighted by atomic mass is 16.5. The van der Waals surface area contributed by atoms with Gasteiger partial charge in [0.25, 0.3) is 0 Å². The van der Waals surface area contributed by atoms with Gasteiger partial charge in [-0.25, -0.2) is 9.97 Å². The molecule has 1 unspecified atom stereocenters. The van der Waals surface area contributed by atoms with E-state index in [1.54, 1.807) is 6.20 Å². The first-order chi connectivity index (χ1) is 9.76. The molecule has 1 atom stereocenters. The maximum atomic E-state index is 8.74. The fraction of sp³-hybridized carbons (Fsp3) is 0.462. The van der Waals surface area contributed by atoms with Crippen molar-refractivity contribution in [1.29, 1.82) is 5.26 Å². The normalized spacial score (nSPS) is 18.8. The van der Waals surface area contributed by atoms with Gasteiger partial charge >= 0.3 is 0 Å². The van der Waals surface area contributed by atoms with Crippen LogP contribution >= 0.6 is 0 Å². The summed E-state index contributed by atoms with van der Waals surface area (Å²) in [5.74, 6) is 2.36. The highest BCUT2D eigenvalue weighted by Crippen LogP contribution is 2.27. The van der Waals surface area contributed by atoms with E-state index in [0.717, 1.165) is 31.7 Å². The molecule has 0 saturated carbocycles. The van der Waals surface area contributed by atoms with Gasteiger partial charge in [-0.1, -0.05) is 5.16 Å². The predicted octanol–water partition coefficient (Wildman–Crippen LogP) is 1.42. The molecule has 0 aliphatic carbocycles. The van der Waals surface area contributed by atoms with Gasteiger partial charge in [0.05, 0.1) is 18.3 Å². The molecule has 0 spiro atoms. The zero-order valence-electron chi connectivity index (χ0n) is 11.2. The topological polar surface area (TPSA) is 91.7 Å². The second kappa shape index (κ2) is 5.25. The molecule has 0 N–H and O–H groups in total. The van der Waals surface area contributed by atoms with Crippen molar-refractivity contribution >= 4 is 5.82 Å². The number of nitriles is 1. The van der Waals surface area contributed by atoms with Crippen molar-refractivity contribution in [2.75, 3.05) is 18.0 Å². The molecule has 2 aromatic heterocycles. The Hall–Kier alpha value is -2.49. The lowest BCUT2D eigenvalue weighted by Gasteiger charge is -2.31. The van der Waals surface area contributed by atoms with E-state index in [0.29, 0.717) is 17.4 Å². The Balaban J connectivity index is 1.76. The molecule has 102 valence electrons. The highest BCUT2D eigenvalue weighted by molar-refractivity contribution is 5.38. The average molecular weight is 270 g/mol. The number of hydrogen-bond donors (Lipinski definition) is 0. The second-order valence-corrected chi connectivity index (χ2v) is 4.84. The fourth-order valence-electron chi connectivity index (χ4n) is 2.41. The zero-order valence-corrected chi connectivity index (χ0v) is 11.2. The fourth-order valence-corrected chi connectivity index (χ4v) is 2.41. The van der Waals surface area contributed by atoms with Crippen molar-refractivity contribution in [1.82, 2.24) is 20.1 Å². The number of nitrogens with zero attached hydrogens (tertiary/aromatic N) is 6. The molecule has 7 heteroatoms. The number of aromatic nitrogens is 4. The van der Waals surface area contributed by atoms with Crippen molar-refractivity contribution < 1.29 is 4.52 Å². The molecule has 0 aromatic carbocycles. The molecular formula is C13H14N6O. The van der Waals surface area contributed by atoms with Gasteiger partial charge in [-0.15, -0.1) is 0 Å². The number of aryl methyl sites for hydroxylation is 1. The molecule has 7 nitrogen and oxygen atoms in total. The Morgan fingerprint density at radius 2 is 2.30 bits per heavy atom. The maximum absolute atomic E-state index is 8.74. The number of anilines is 1. The van der Waals surface area contributed by atoms with E-state index in [1.165, 1.54) is 6.20 Å². The molecule has 1 aliphatic rings. The second-order valence-electron chi connectivity index (χ2n) is 4.84. The van der Waals surface area contributed by atoms with Gasteiger partial charge in [0.2, 0.25) is 5.89 Å².